The van der Waals surface area contributed by atoms with E-state index in [1.54, 1.807) is 25.6 Å². The first kappa shape index (κ1) is 20.7. The quantitative estimate of drug-likeness (QED) is 0.435. The van der Waals surface area contributed by atoms with Crippen LogP contribution in [0.3, 0.4) is 0 Å². The van der Waals surface area contributed by atoms with Crippen LogP contribution >= 0.6 is 11.3 Å². The average Bonchev–Trinajstić information content (AvgIpc) is 3.38. The predicted molar refractivity (Wildman–Crippen MR) is 114 cm³/mol. The Kier molecular flexibility index (Phi) is 7.07. The third-order valence-corrected chi connectivity index (χ3v) is 5.35. The second kappa shape index (κ2) is 9.92. The fourth-order valence-corrected chi connectivity index (χ4v) is 3.32. The second-order valence-corrected chi connectivity index (χ2v) is 7.40. The summed E-state index contributed by atoms with van der Waals surface area (Å²) in [5.74, 6) is 3.81. The van der Waals surface area contributed by atoms with Crippen molar-refractivity contribution in [1.82, 2.24) is 25.4 Å². The predicted octanol–water partition coefficient (Wildman–Crippen LogP) is 2.64. The minimum atomic E-state index is 0.498. The maximum absolute atomic E-state index is 5.38. The number of aromatic nitrogens is 3. The summed E-state index contributed by atoms with van der Waals surface area (Å²) in [5.41, 5.74) is 1.02. The van der Waals surface area contributed by atoms with E-state index in [4.69, 9.17) is 14.5 Å². The molecule has 154 valence electrons. The zero-order valence-electron chi connectivity index (χ0n) is 17.1. The normalized spacial score (nSPS) is 11.4. The molecule has 0 amide bonds. The largest absolute Gasteiger partial charge is 0.493 e. The van der Waals surface area contributed by atoms with Crippen LogP contribution in [0.1, 0.15) is 22.1 Å². The Hall–Kier alpha value is -3.07. The van der Waals surface area contributed by atoms with Crippen molar-refractivity contribution in [2.45, 2.75) is 26.6 Å². The summed E-state index contributed by atoms with van der Waals surface area (Å²) < 4.78 is 12.6. The molecule has 0 aliphatic carbocycles. The number of thiophene rings is 1. The number of ether oxygens (including phenoxy) is 2. The van der Waals surface area contributed by atoms with Gasteiger partial charge in [-0.05, 0) is 36.1 Å². The number of aliphatic imine (C=N–C) groups is 1. The van der Waals surface area contributed by atoms with Crippen LogP contribution in [-0.2, 0) is 26.7 Å². The van der Waals surface area contributed by atoms with Gasteiger partial charge >= 0.3 is 0 Å². The zero-order valence-corrected chi connectivity index (χ0v) is 17.9. The summed E-state index contributed by atoms with van der Waals surface area (Å²) >= 11 is 1.71. The molecule has 9 heteroatoms. The highest BCUT2D eigenvalue weighted by atomic mass is 32.1. The fraction of sp³-hybridized carbons (Fsp3) is 0.350. The van der Waals surface area contributed by atoms with Crippen molar-refractivity contribution in [3.63, 3.8) is 0 Å². The lowest BCUT2D eigenvalue weighted by atomic mass is 10.2. The summed E-state index contributed by atoms with van der Waals surface area (Å²) in [7, 11) is 5.20. The molecular formula is C20H26N6O2S. The van der Waals surface area contributed by atoms with Gasteiger partial charge < -0.3 is 24.7 Å². The van der Waals surface area contributed by atoms with E-state index in [9.17, 15) is 0 Å². The summed E-state index contributed by atoms with van der Waals surface area (Å²) in [5, 5.41) is 17.1. The molecule has 29 heavy (non-hydrogen) atoms. The monoisotopic (exact) mass is 414 g/mol. The number of aryl methyl sites for hydroxylation is 1. The molecule has 0 aliphatic heterocycles. The van der Waals surface area contributed by atoms with Crippen LogP contribution in [0.15, 0.2) is 40.7 Å². The van der Waals surface area contributed by atoms with Gasteiger partial charge in [-0.2, -0.15) is 0 Å². The first-order valence-electron chi connectivity index (χ1n) is 9.21. The van der Waals surface area contributed by atoms with Gasteiger partial charge in [0.05, 0.1) is 33.9 Å². The number of nitrogens with one attached hydrogen (secondary N) is 2. The Balaban J connectivity index is 1.71. The Bertz CT molecular complexity index is 952. The van der Waals surface area contributed by atoms with Crippen molar-refractivity contribution in [3.05, 3.63) is 57.8 Å². The van der Waals surface area contributed by atoms with E-state index in [1.807, 2.05) is 42.8 Å². The molecule has 0 saturated carbocycles. The maximum atomic E-state index is 5.38. The van der Waals surface area contributed by atoms with Gasteiger partial charge in [-0.3, -0.25) is 0 Å². The van der Waals surface area contributed by atoms with Crippen LogP contribution < -0.4 is 20.1 Å². The van der Waals surface area contributed by atoms with Crippen LogP contribution in [0, 0.1) is 6.92 Å². The standard InChI is InChI=1S/C20H26N6O2S/c1-14-24-25-19(26(14)2)13-23-20(22-12-16-6-5-9-29-16)21-11-15-7-8-17(27-3)18(10-15)28-4/h5-10H,11-13H2,1-4H3,(H2,21,22,23). The topological polar surface area (TPSA) is 85.6 Å². The molecule has 0 saturated heterocycles. The van der Waals surface area contributed by atoms with Crippen LogP contribution in [0.4, 0.5) is 0 Å². The molecule has 3 rings (SSSR count). The summed E-state index contributed by atoms with van der Waals surface area (Å²) in [6.45, 7) is 3.66. The van der Waals surface area contributed by atoms with Crippen LogP contribution in [-0.4, -0.2) is 34.9 Å². The fourth-order valence-electron chi connectivity index (χ4n) is 2.68. The van der Waals surface area contributed by atoms with E-state index in [0.29, 0.717) is 37.1 Å². The molecule has 3 aromatic rings. The van der Waals surface area contributed by atoms with E-state index >= 15 is 0 Å². The van der Waals surface area contributed by atoms with Gasteiger partial charge in [-0.25, -0.2) is 4.99 Å². The van der Waals surface area contributed by atoms with Gasteiger partial charge in [-0.1, -0.05) is 12.1 Å². The van der Waals surface area contributed by atoms with Gasteiger partial charge in [0, 0.05) is 11.9 Å². The first-order valence-corrected chi connectivity index (χ1v) is 10.1. The highest BCUT2D eigenvalue weighted by Gasteiger charge is 2.08. The molecule has 0 aliphatic rings. The number of rotatable bonds is 8. The van der Waals surface area contributed by atoms with Gasteiger partial charge in [0.2, 0.25) is 0 Å². The molecule has 0 bridgehead atoms. The third-order valence-electron chi connectivity index (χ3n) is 4.47. The van der Waals surface area contributed by atoms with Crippen LogP contribution in [0.25, 0.3) is 0 Å². The van der Waals surface area contributed by atoms with Gasteiger partial charge in [0.15, 0.2) is 23.3 Å². The van der Waals surface area contributed by atoms with E-state index in [-0.39, 0.29) is 0 Å². The Labute approximate surface area is 174 Å². The van der Waals surface area contributed by atoms with Crippen molar-refractivity contribution in [2.24, 2.45) is 12.0 Å². The number of methoxy groups -OCH3 is 2. The minimum absolute atomic E-state index is 0.498. The SMILES string of the molecule is COc1ccc(CN=C(NCc2cccs2)NCc2nnc(C)n2C)cc1OC. The number of guanidine groups is 1. The molecule has 2 N–H and O–H groups in total. The highest BCUT2D eigenvalue weighted by molar-refractivity contribution is 7.09. The van der Waals surface area contributed by atoms with Crippen LogP contribution in [0.2, 0.25) is 0 Å². The molecular weight excluding hydrogens is 388 g/mol. The molecule has 0 radical (unpaired) electrons. The molecule has 0 spiro atoms. The molecule has 8 nitrogen and oxygen atoms in total. The molecule has 0 fully saturated rings. The van der Waals surface area contributed by atoms with Gasteiger partial charge in [0.25, 0.3) is 0 Å². The molecule has 1 aromatic carbocycles. The van der Waals surface area contributed by atoms with Crippen molar-refractivity contribution in [2.75, 3.05) is 14.2 Å². The van der Waals surface area contributed by atoms with Gasteiger partial charge in [0.1, 0.15) is 5.82 Å². The van der Waals surface area contributed by atoms with E-state index in [1.165, 1.54) is 4.88 Å². The van der Waals surface area contributed by atoms with Crippen LogP contribution in [0.5, 0.6) is 11.5 Å². The number of hydrogen-bond donors (Lipinski definition) is 2. The highest BCUT2D eigenvalue weighted by Crippen LogP contribution is 2.27. The number of hydrogen-bond acceptors (Lipinski definition) is 6. The Morgan fingerprint density at radius 2 is 1.90 bits per heavy atom. The summed E-state index contributed by atoms with van der Waals surface area (Å²) in [6.07, 6.45) is 0. The molecule has 2 aromatic heterocycles. The first-order chi connectivity index (χ1) is 14.1. The van der Waals surface area contributed by atoms with Crippen molar-refractivity contribution in [1.29, 1.82) is 0 Å². The molecule has 0 atom stereocenters. The van der Waals surface area contributed by atoms with E-state index in [0.717, 1.165) is 17.2 Å². The Morgan fingerprint density at radius 1 is 1.10 bits per heavy atom. The number of benzene rings is 1. The van der Waals surface area contributed by atoms with Gasteiger partial charge in [-0.15, -0.1) is 21.5 Å². The zero-order chi connectivity index (χ0) is 20.6. The second-order valence-electron chi connectivity index (χ2n) is 6.36. The van der Waals surface area contributed by atoms with E-state index < -0.39 is 0 Å². The lowest BCUT2D eigenvalue weighted by Crippen LogP contribution is -2.37. The Morgan fingerprint density at radius 3 is 2.55 bits per heavy atom. The molecule has 2 heterocycles. The number of nitrogens with zero attached hydrogens (tertiary/aromatic N) is 4. The smallest absolute Gasteiger partial charge is 0.192 e. The summed E-state index contributed by atoms with van der Waals surface area (Å²) in [6, 6.07) is 9.94. The van der Waals surface area contributed by atoms with E-state index in [2.05, 4.69) is 32.3 Å². The summed E-state index contributed by atoms with van der Waals surface area (Å²) in [4.78, 5) is 5.96. The third kappa shape index (κ3) is 5.47. The minimum Gasteiger partial charge on any atom is -0.493 e. The maximum Gasteiger partial charge on any atom is 0.192 e. The molecule has 0 unspecified atom stereocenters. The van der Waals surface area contributed by atoms with Crippen molar-refractivity contribution >= 4 is 17.3 Å². The van der Waals surface area contributed by atoms with Crippen molar-refractivity contribution < 1.29 is 9.47 Å². The van der Waals surface area contributed by atoms with Crippen molar-refractivity contribution in [3.8, 4) is 11.5 Å². The average molecular weight is 415 g/mol. The lowest BCUT2D eigenvalue weighted by Gasteiger charge is -2.13. The lowest BCUT2D eigenvalue weighted by molar-refractivity contribution is 0.354.